The lowest BCUT2D eigenvalue weighted by atomic mass is 10.1. The molecule has 1 unspecified atom stereocenters. The lowest BCUT2D eigenvalue weighted by Gasteiger charge is -2.31. The van der Waals surface area contributed by atoms with Crippen molar-refractivity contribution in [3.63, 3.8) is 0 Å². The number of thiophene rings is 1. The van der Waals surface area contributed by atoms with Gasteiger partial charge in [-0.25, -0.2) is 8.42 Å². The lowest BCUT2D eigenvalue weighted by Crippen LogP contribution is -2.43. The third kappa shape index (κ3) is 3.74. The zero-order valence-electron chi connectivity index (χ0n) is 11.5. The normalized spacial score (nSPS) is 21.2. The van der Waals surface area contributed by atoms with Crippen LogP contribution in [0.3, 0.4) is 0 Å². The fraction of sp³-hybridized carbons (Fsp3) is 0.692. The average molecular weight is 338 g/mol. The third-order valence-electron chi connectivity index (χ3n) is 3.26. The summed E-state index contributed by atoms with van der Waals surface area (Å²) in [5.41, 5.74) is 0. The maximum atomic E-state index is 12.6. The number of rotatable bonds is 6. The largest absolute Gasteiger partial charge is 0.377 e. The van der Waals surface area contributed by atoms with Gasteiger partial charge in [-0.3, -0.25) is 0 Å². The summed E-state index contributed by atoms with van der Waals surface area (Å²) in [5, 5.41) is 0. The van der Waals surface area contributed by atoms with Gasteiger partial charge in [0, 0.05) is 24.6 Å². The van der Waals surface area contributed by atoms with E-state index in [1.807, 2.05) is 0 Å². The van der Waals surface area contributed by atoms with Gasteiger partial charge < -0.3 is 4.74 Å². The molecule has 1 aliphatic rings. The summed E-state index contributed by atoms with van der Waals surface area (Å²) >= 11 is 6.99. The van der Waals surface area contributed by atoms with Crippen LogP contribution in [0.15, 0.2) is 16.3 Å². The zero-order chi connectivity index (χ0) is 14.6. The molecule has 1 aliphatic heterocycles. The van der Waals surface area contributed by atoms with Crippen LogP contribution in [0.1, 0.15) is 31.1 Å². The van der Waals surface area contributed by atoms with E-state index in [0.717, 1.165) is 24.1 Å². The summed E-state index contributed by atoms with van der Waals surface area (Å²) in [7, 11) is -3.40. The molecule has 2 rings (SSSR count). The van der Waals surface area contributed by atoms with Gasteiger partial charge in [-0.15, -0.1) is 22.9 Å². The molecule has 0 radical (unpaired) electrons. The molecule has 0 N–H and O–H groups in total. The molecule has 1 atom stereocenters. The Hall–Kier alpha value is -0.140. The summed E-state index contributed by atoms with van der Waals surface area (Å²) < 4.78 is 32.8. The van der Waals surface area contributed by atoms with Crippen LogP contribution in [0.5, 0.6) is 0 Å². The van der Waals surface area contributed by atoms with Crippen molar-refractivity contribution in [1.29, 1.82) is 0 Å². The van der Waals surface area contributed by atoms with Gasteiger partial charge in [0.05, 0.1) is 12.0 Å². The molecule has 1 aromatic rings. The van der Waals surface area contributed by atoms with Crippen molar-refractivity contribution in [2.45, 2.75) is 42.4 Å². The standard InChI is InChI=1S/C13H20ClNO3S2/c1-2-8-18-11-4-3-7-15(10-11)20(16,17)13-6-5-12(9-14)19-13/h5-6,11H,2-4,7-10H2,1H3. The van der Waals surface area contributed by atoms with Crippen LogP contribution in [-0.2, 0) is 20.6 Å². The first-order valence-corrected chi connectivity index (χ1v) is 9.63. The van der Waals surface area contributed by atoms with E-state index >= 15 is 0 Å². The number of hydrogen-bond donors (Lipinski definition) is 0. The minimum atomic E-state index is -3.40. The van der Waals surface area contributed by atoms with E-state index in [0.29, 0.717) is 29.8 Å². The van der Waals surface area contributed by atoms with E-state index in [2.05, 4.69) is 6.92 Å². The molecule has 2 heterocycles. The van der Waals surface area contributed by atoms with Crippen LogP contribution in [0.4, 0.5) is 0 Å². The minimum Gasteiger partial charge on any atom is -0.377 e. The first-order valence-electron chi connectivity index (χ1n) is 6.84. The highest BCUT2D eigenvalue weighted by Crippen LogP contribution is 2.28. The number of alkyl halides is 1. The highest BCUT2D eigenvalue weighted by molar-refractivity contribution is 7.91. The number of halogens is 1. The Balaban J connectivity index is 2.08. The SMILES string of the molecule is CCCOC1CCCN(S(=O)(=O)c2ccc(CCl)s2)C1. The van der Waals surface area contributed by atoms with Crippen molar-refractivity contribution in [1.82, 2.24) is 4.31 Å². The average Bonchev–Trinajstić information content (AvgIpc) is 2.95. The van der Waals surface area contributed by atoms with Crippen molar-refractivity contribution in [2.24, 2.45) is 0 Å². The van der Waals surface area contributed by atoms with Crippen molar-refractivity contribution in [3.8, 4) is 0 Å². The Morgan fingerprint density at radius 2 is 2.30 bits per heavy atom. The Labute approximate surface area is 129 Å². The quantitative estimate of drug-likeness (QED) is 0.749. The van der Waals surface area contributed by atoms with Crippen molar-refractivity contribution >= 4 is 33.0 Å². The van der Waals surface area contributed by atoms with Crippen LogP contribution in [-0.4, -0.2) is 38.5 Å². The molecule has 1 saturated heterocycles. The first kappa shape index (κ1) is 16.2. The topological polar surface area (TPSA) is 46.6 Å². The molecule has 0 amide bonds. The monoisotopic (exact) mass is 337 g/mol. The van der Waals surface area contributed by atoms with Crippen molar-refractivity contribution in [2.75, 3.05) is 19.7 Å². The van der Waals surface area contributed by atoms with E-state index in [1.54, 1.807) is 16.4 Å². The molecule has 114 valence electrons. The Morgan fingerprint density at radius 1 is 1.50 bits per heavy atom. The zero-order valence-corrected chi connectivity index (χ0v) is 13.9. The number of piperidine rings is 1. The Morgan fingerprint density at radius 3 is 2.95 bits per heavy atom. The van der Waals surface area contributed by atoms with Gasteiger partial charge >= 0.3 is 0 Å². The summed E-state index contributed by atoms with van der Waals surface area (Å²) in [5.74, 6) is 0.350. The molecule has 20 heavy (non-hydrogen) atoms. The Bertz CT molecular complexity index is 529. The second-order valence-electron chi connectivity index (χ2n) is 4.85. The minimum absolute atomic E-state index is 0.0194. The van der Waals surface area contributed by atoms with Gasteiger partial charge in [0.15, 0.2) is 0 Å². The highest BCUT2D eigenvalue weighted by atomic mass is 35.5. The van der Waals surface area contributed by atoms with Gasteiger partial charge in [0.1, 0.15) is 4.21 Å². The van der Waals surface area contributed by atoms with Crippen LogP contribution in [0.2, 0.25) is 0 Å². The van der Waals surface area contributed by atoms with Crippen LogP contribution in [0, 0.1) is 0 Å². The molecule has 4 nitrogen and oxygen atoms in total. The number of nitrogens with zero attached hydrogens (tertiary/aromatic N) is 1. The molecular weight excluding hydrogens is 318 g/mol. The fourth-order valence-electron chi connectivity index (χ4n) is 2.24. The molecule has 7 heteroatoms. The molecule has 0 saturated carbocycles. The van der Waals surface area contributed by atoms with Crippen LogP contribution >= 0.6 is 22.9 Å². The molecule has 0 aliphatic carbocycles. The van der Waals surface area contributed by atoms with E-state index in [-0.39, 0.29) is 6.10 Å². The summed E-state index contributed by atoms with van der Waals surface area (Å²) in [6.07, 6.45) is 2.75. The van der Waals surface area contributed by atoms with Gasteiger partial charge in [-0.05, 0) is 31.4 Å². The third-order valence-corrected chi connectivity index (χ3v) is 7.13. The van der Waals surface area contributed by atoms with E-state index in [4.69, 9.17) is 16.3 Å². The summed E-state index contributed by atoms with van der Waals surface area (Å²) in [4.78, 5) is 0.876. The van der Waals surface area contributed by atoms with Gasteiger partial charge in [0.2, 0.25) is 0 Å². The molecule has 0 spiro atoms. The predicted molar refractivity (Wildman–Crippen MR) is 81.9 cm³/mol. The smallest absolute Gasteiger partial charge is 0.252 e. The van der Waals surface area contributed by atoms with Crippen LogP contribution in [0.25, 0.3) is 0 Å². The van der Waals surface area contributed by atoms with Crippen molar-refractivity contribution in [3.05, 3.63) is 17.0 Å². The van der Waals surface area contributed by atoms with Crippen molar-refractivity contribution < 1.29 is 13.2 Å². The maximum absolute atomic E-state index is 12.6. The van der Waals surface area contributed by atoms with E-state index in [1.165, 1.54) is 11.3 Å². The number of ether oxygens (including phenoxy) is 1. The molecule has 0 aromatic carbocycles. The second kappa shape index (κ2) is 7.22. The van der Waals surface area contributed by atoms with E-state index in [9.17, 15) is 8.42 Å². The maximum Gasteiger partial charge on any atom is 0.252 e. The lowest BCUT2D eigenvalue weighted by molar-refractivity contribution is 0.0194. The first-order chi connectivity index (χ1) is 9.57. The van der Waals surface area contributed by atoms with Gasteiger partial charge in [-0.2, -0.15) is 4.31 Å². The second-order valence-corrected chi connectivity index (χ2v) is 8.45. The highest BCUT2D eigenvalue weighted by Gasteiger charge is 2.31. The molecule has 0 bridgehead atoms. The predicted octanol–water partition coefficient (Wildman–Crippen LogP) is 3.07. The van der Waals surface area contributed by atoms with E-state index < -0.39 is 10.0 Å². The summed E-state index contributed by atoms with van der Waals surface area (Å²) in [6.45, 7) is 3.77. The van der Waals surface area contributed by atoms with Gasteiger partial charge in [-0.1, -0.05) is 6.92 Å². The molecule has 1 fully saturated rings. The number of sulfonamides is 1. The Kier molecular flexibility index (Phi) is 5.86. The fourth-order valence-corrected chi connectivity index (χ4v) is 5.36. The number of hydrogen-bond acceptors (Lipinski definition) is 4. The summed E-state index contributed by atoms with van der Waals surface area (Å²) in [6, 6.07) is 3.42. The molecule has 1 aromatic heterocycles. The van der Waals surface area contributed by atoms with Gasteiger partial charge in [0.25, 0.3) is 10.0 Å². The van der Waals surface area contributed by atoms with Crippen LogP contribution < -0.4 is 0 Å². The molecular formula is C13H20ClNO3S2.